The third-order valence-corrected chi connectivity index (χ3v) is 3.88. The van der Waals surface area contributed by atoms with E-state index >= 15 is 0 Å². The average Bonchev–Trinajstić information content (AvgIpc) is 2.62. The van der Waals surface area contributed by atoms with E-state index in [-0.39, 0.29) is 11.5 Å². The molecule has 2 bridgehead atoms. The summed E-state index contributed by atoms with van der Waals surface area (Å²) < 4.78 is 10.7. The fourth-order valence-electron chi connectivity index (χ4n) is 3.03. The molecule has 0 radical (unpaired) electrons. The molecule has 0 amide bonds. The molecule has 1 fully saturated rings. The Kier molecular flexibility index (Phi) is 2.28. The second-order valence-electron chi connectivity index (χ2n) is 4.99. The van der Waals surface area contributed by atoms with Gasteiger partial charge in [0.05, 0.1) is 0 Å². The fraction of sp³-hybridized carbons (Fsp3) is 0.286. The molecule has 3 heterocycles. The Hall–Kier alpha value is -1.86. The van der Waals surface area contributed by atoms with Gasteiger partial charge in [-0.25, -0.2) is 0 Å². The van der Waals surface area contributed by atoms with Crippen LogP contribution in [0.15, 0.2) is 24.3 Å². The Morgan fingerprint density at radius 2 is 1.20 bits per heavy atom. The maximum absolute atomic E-state index is 10.1. The molecule has 4 atom stereocenters. The van der Waals surface area contributed by atoms with Gasteiger partial charge in [-0.2, -0.15) is 0 Å². The predicted octanol–water partition coefficient (Wildman–Crippen LogP) is 1.03. The summed E-state index contributed by atoms with van der Waals surface area (Å²) in [7, 11) is 0. The number of fused-ring (bicyclic) bond motifs is 2. The summed E-state index contributed by atoms with van der Waals surface area (Å²) in [5.74, 6) is -0.154. The number of ether oxygens (including phenoxy) is 2. The van der Waals surface area contributed by atoms with E-state index in [1.165, 1.54) is 12.1 Å². The van der Waals surface area contributed by atoms with Gasteiger partial charge in [0.15, 0.2) is 12.6 Å². The molecule has 1 saturated heterocycles. The number of aliphatic hydroxyl groups is 2. The second kappa shape index (κ2) is 3.83. The van der Waals surface area contributed by atoms with Crippen LogP contribution in [0, 0.1) is 0 Å². The van der Waals surface area contributed by atoms with E-state index in [1.54, 1.807) is 12.1 Å². The summed E-state index contributed by atoms with van der Waals surface area (Å²) in [4.78, 5) is 0. The molecular weight excluding hydrogens is 264 g/mol. The number of aliphatic hydroxyl groups excluding tert-OH is 2. The van der Waals surface area contributed by atoms with Crippen molar-refractivity contribution in [2.24, 2.45) is 0 Å². The van der Waals surface area contributed by atoms with Crippen LogP contribution in [-0.4, -0.2) is 33.0 Å². The first kappa shape index (κ1) is 11.9. The largest absolute Gasteiger partial charge is 0.508 e. The zero-order valence-corrected chi connectivity index (χ0v) is 10.2. The van der Waals surface area contributed by atoms with Gasteiger partial charge in [0.25, 0.3) is 0 Å². The molecule has 3 aliphatic rings. The molecule has 2 aromatic carbocycles. The maximum Gasteiger partial charge on any atom is 0.186 e. The van der Waals surface area contributed by atoms with Crippen LogP contribution < -0.4 is 0 Å². The number of phenols is 2. The maximum atomic E-state index is 10.1. The van der Waals surface area contributed by atoms with Crippen molar-refractivity contribution in [2.45, 2.75) is 24.8 Å². The first-order chi connectivity index (χ1) is 9.58. The number of benzene rings is 2. The molecule has 5 rings (SSSR count). The van der Waals surface area contributed by atoms with Gasteiger partial charge in [-0.15, -0.1) is 0 Å². The Balaban J connectivity index is 2.19. The summed E-state index contributed by atoms with van der Waals surface area (Å²) in [6.07, 6.45) is -4.67. The Bertz CT molecular complexity index is 656. The number of rotatable bonds is 0. The number of hydrogen-bond donors (Lipinski definition) is 4. The highest BCUT2D eigenvalue weighted by molar-refractivity contribution is 5.93. The molecule has 4 N–H and O–H groups in total. The molecule has 0 spiro atoms. The predicted molar refractivity (Wildman–Crippen MR) is 66.9 cm³/mol. The lowest BCUT2D eigenvalue weighted by Crippen LogP contribution is -2.38. The fourth-order valence-corrected chi connectivity index (χ4v) is 3.03. The van der Waals surface area contributed by atoms with Crippen LogP contribution in [0.4, 0.5) is 0 Å². The van der Waals surface area contributed by atoms with Crippen molar-refractivity contribution in [2.75, 3.05) is 0 Å². The van der Waals surface area contributed by atoms with Gasteiger partial charge >= 0.3 is 0 Å². The third-order valence-electron chi connectivity index (χ3n) is 3.88. The van der Waals surface area contributed by atoms with Gasteiger partial charge in [0.2, 0.25) is 0 Å². The van der Waals surface area contributed by atoms with Gasteiger partial charge in [-0.05, 0) is 17.5 Å². The minimum atomic E-state index is -1.33. The normalized spacial score (nSPS) is 31.5. The molecule has 0 saturated carbocycles. The van der Waals surface area contributed by atoms with Crippen molar-refractivity contribution in [1.82, 2.24) is 0 Å². The summed E-state index contributed by atoms with van der Waals surface area (Å²) in [5.41, 5.74) is 0.639. The highest BCUT2D eigenvalue weighted by Gasteiger charge is 2.46. The van der Waals surface area contributed by atoms with Crippen molar-refractivity contribution in [1.29, 1.82) is 0 Å². The zero-order valence-electron chi connectivity index (χ0n) is 10.2. The minimum Gasteiger partial charge on any atom is -0.508 e. The van der Waals surface area contributed by atoms with E-state index in [0.717, 1.165) is 5.39 Å². The molecule has 2 unspecified atom stereocenters. The minimum absolute atomic E-state index is 0.0771. The lowest BCUT2D eigenvalue weighted by molar-refractivity contribution is -0.334. The van der Waals surface area contributed by atoms with Gasteiger partial charge < -0.3 is 29.9 Å². The Labute approximate surface area is 113 Å². The number of hydrogen-bond acceptors (Lipinski definition) is 6. The van der Waals surface area contributed by atoms with Gasteiger partial charge in [0, 0.05) is 16.5 Å². The molecule has 0 aliphatic carbocycles. The summed E-state index contributed by atoms with van der Waals surface area (Å²) in [6, 6.07) is 6.36. The zero-order chi connectivity index (χ0) is 14.0. The SMILES string of the molecule is Oc1ccc2ccc(O)c3c2c1[C@H]1OC(O)[C@@H]3OC1O. The quantitative estimate of drug-likeness (QED) is 0.573. The monoisotopic (exact) mass is 276 g/mol. The number of aromatic hydroxyl groups is 2. The van der Waals surface area contributed by atoms with Gasteiger partial charge in [-0.1, -0.05) is 12.1 Å². The lowest BCUT2D eigenvalue weighted by Gasteiger charge is -2.34. The van der Waals surface area contributed by atoms with Crippen molar-refractivity contribution in [3.05, 3.63) is 35.4 Å². The van der Waals surface area contributed by atoms with Crippen LogP contribution in [0.3, 0.4) is 0 Å². The molecule has 6 nitrogen and oxygen atoms in total. The Morgan fingerprint density at radius 1 is 0.750 bits per heavy atom. The van der Waals surface area contributed by atoms with Gasteiger partial charge in [0.1, 0.15) is 23.7 Å². The number of phenolic OH excluding ortho intramolecular Hbond substituents is 2. The highest BCUT2D eigenvalue weighted by atomic mass is 16.7. The molecular formula is C14H12O6. The topological polar surface area (TPSA) is 99.4 Å². The third kappa shape index (κ3) is 1.36. The summed E-state index contributed by atoms with van der Waals surface area (Å²) in [5, 5.41) is 41.5. The highest BCUT2D eigenvalue weighted by Crippen LogP contribution is 2.51. The smallest absolute Gasteiger partial charge is 0.186 e. The van der Waals surface area contributed by atoms with E-state index in [2.05, 4.69) is 0 Å². The van der Waals surface area contributed by atoms with Crippen LogP contribution in [0.5, 0.6) is 11.5 Å². The molecule has 20 heavy (non-hydrogen) atoms. The van der Waals surface area contributed by atoms with E-state index < -0.39 is 24.8 Å². The van der Waals surface area contributed by atoms with E-state index in [0.29, 0.717) is 16.5 Å². The van der Waals surface area contributed by atoms with Crippen molar-refractivity contribution < 1.29 is 29.9 Å². The standard InChI is InChI=1S/C14H12O6/c15-6-3-1-5-2-4-7(16)10-8(5)9(6)11-13(17)20-12(10)14(18)19-11/h1-4,11-18H/t11-,12-,13?,14?/m1/s1. The molecule has 104 valence electrons. The molecule has 3 aliphatic heterocycles. The van der Waals surface area contributed by atoms with E-state index in [1.807, 2.05) is 0 Å². The second-order valence-corrected chi connectivity index (χ2v) is 4.99. The first-order valence-corrected chi connectivity index (χ1v) is 6.22. The van der Waals surface area contributed by atoms with Crippen LogP contribution >= 0.6 is 0 Å². The van der Waals surface area contributed by atoms with Crippen LogP contribution in [-0.2, 0) is 9.47 Å². The molecule has 6 heteroatoms. The lowest BCUT2D eigenvalue weighted by atomic mass is 9.94. The van der Waals surface area contributed by atoms with Crippen molar-refractivity contribution >= 4 is 10.8 Å². The van der Waals surface area contributed by atoms with Crippen molar-refractivity contribution in [3.63, 3.8) is 0 Å². The van der Waals surface area contributed by atoms with Crippen LogP contribution in [0.2, 0.25) is 0 Å². The first-order valence-electron chi connectivity index (χ1n) is 6.22. The summed E-state index contributed by atoms with van der Waals surface area (Å²) >= 11 is 0. The summed E-state index contributed by atoms with van der Waals surface area (Å²) in [6.45, 7) is 0. The van der Waals surface area contributed by atoms with Crippen LogP contribution in [0.25, 0.3) is 10.8 Å². The molecule has 0 aromatic heterocycles. The van der Waals surface area contributed by atoms with E-state index in [4.69, 9.17) is 9.47 Å². The Morgan fingerprint density at radius 3 is 1.65 bits per heavy atom. The van der Waals surface area contributed by atoms with E-state index in [9.17, 15) is 20.4 Å². The van der Waals surface area contributed by atoms with Gasteiger partial charge in [-0.3, -0.25) is 0 Å². The van der Waals surface area contributed by atoms with Crippen molar-refractivity contribution in [3.8, 4) is 11.5 Å². The molecule has 2 aromatic rings. The average molecular weight is 276 g/mol. The van der Waals surface area contributed by atoms with Crippen LogP contribution in [0.1, 0.15) is 23.3 Å².